The maximum absolute atomic E-state index is 5.70. The van der Waals surface area contributed by atoms with Crippen LogP contribution in [0.2, 0.25) is 0 Å². The average molecular weight is 310 g/mol. The van der Waals surface area contributed by atoms with Crippen LogP contribution in [-0.2, 0) is 0 Å². The van der Waals surface area contributed by atoms with Gasteiger partial charge in [-0.2, -0.15) is 0 Å². The lowest BCUT2D eigenvalue weighted by atomic mass is 10.0. The number of thiophene rings is 1. The van der Waals surface area contributed by atoms with E-state index in [1.165, 1.54) is 21.6 Å². The van der Waals surface area contributed by atoms with Gasteiger partial charge in [-0.05, 0) is 59.7 Å². The van der Waals surface area contributed by atoms with Gasteiger partial charge in [0.25, 0.3) is 0 Å². The molecule has 0 spiro atoms. The number of rotatable bonds is 3. The average Bonchev–Trinajstić information content (AvgIpc) is 2.77. The first-order valence-corrected chi connectivity index (χ1v) is 7.34. The van der Waals surface area contributed by atoms with Crippen molar-refractivity contribution in [2.75, 3.05) is 6.54 Å². The van der Waals surface area contributed by atoms with E-state index in [-0.39, 0.29) is 0 Å². The Labute approximate surface area is 115 Å². The highest BCUT2D eigenvalue weighted by Gasteiger charge is 2.09. The van der Waals surface area contributed by atoms with Crippen molar-refractivity contribution in [1.29, 1.82) is 0 Å². The second kappa shape index (κ2) is 5.34. The van der Waals surface area contributed by atoms with Gasteiger partial charge in [0.15, 0.2) is 0 Å². The topological polar surface area (TPSA) is 26.0 Å². The molecule has 0 aliphatic rings. The van der Waals surface area contributed by atoms with Gasteiger partial charge >= 0.3 is 0 Å². The maximum Gasteiger partial charge on any atom is 0.0348 e. The van der Waals surface area contributed by atoms with Crippen LogP contribution in [-0.4, -0.2) is 6.54 Å². The largest absolute Gasteiger partial charge is 0.330 e. The van der Waals surface area contributed by atoms with Crippen LogP contribution >= 0.6 is 27.3 Å². The van der Waals surface area contributed by atoms with Gasteiger partial charge in [-0.3, -0.25) is 0 Å². The molecule has 2 rings (SSSR count). The molecule has 0 amide bonds. The first kappa shape index (κ1) is 12.8. The van der Waals surface area contributed by atoms with Crippen molar-refractivity contribution in [2.45, 2.75) is 19.8 Å². The third-order valence-electron chi connectivity index (χ3n) is 3.00. The summed E-state index contributed by atoms with van der Waals surface area (Å²) in [4.78, 5) is 1.32. The van der Waals surface area contributed by atoms with Gasteiger partial charge in [0, 0.05) is 9.35 Å². The summed E-state index contributed by atoms with van der Waals surface area (Å²) in [6.45, 7) is 5.02. The zero-order valence-corrected chi connectivity index (χ0v) is 12.4. The van der Waals surface area contributed by atoms with Crippen molar-refractivity contribution in [3.05, 3.63) is 45.2 Å². The highest BCUT2D eigenvalue weighted by Crippen LogP contribution is 2.33. The lowest BCUT2D eigenvalue weighted by Gasteiger charge is -2.05. The number of benzene rings is 1. The van der Waals surface area contributed by atoms with Crippen molar-refractivity contribution in [1.82, 2.24) is 0 Å². The first-order valence-electron chi connectivity index (χ1n) is 5.67. The minimum Gasteiger partial charge on any atom is -0.330 e. The van der Waals surface area contributed by atoms with Gasteiger partial charge in [0.05, 0.1) is 0 Å². The summed E-state index contributed by atoms with van der Waals surface area (Å²) in [5.74, 6) is 0.441. The van der Waals surface area contributed by atoms with E-state index < -0.39 is 0 Å². The Hall–Kier alpha value is -0.640. The summed E-state index contributed by atoms with van der Waals surface area (Å²) in [6.07, 6.45) is 0. The number of nitrogens with two attached hydrogens (primary N) is 1. The Morgan fingerprint density at radius 3 is 2.76 bits per heavy atom. The Bertz CT molecular complexity index is 519. The number of aryl methyl sites for hydroxylation is 1. The molecule has 0 saturated heterocycles. The molecule has 90 valence electrons. The molecule has 17 heavy (non-hydrogen) atoms. The first-order chi connectivity index (χ1) is 8.11. The molecule has 0 radical (unpaired) electrons. The van der Waals surface area contributed by atoms with Gasteiger partial charge in [-0.15, -0.1) is 11.3 Å². The third kappa shape index (κ3) is 2.79. The standard InChI is InChI=1S/C14H16BrNS/c1-9-5-12(15)3-4-13(9)14-6-11(8-17-14)10(2)7-16/h3-6,8,10H,7,16H2,1-2H3. The Kier molecular flexibility index (Phi) is 4.02. The van der Waals surface area contributed by atoms with Gasteiger partial charge in [0.2, 0.25) is 0 Å². The molecule has 1 nitrogen and oxygen atoms in total. The molecule has 0 saturated carbocycles. The van der Waals surface area contributed by atoms with Crippen molar-refractivity contribution in [2.24, 2.45) is 5.73 Å². The lowest BCUT2D eigenvalue weighted by molar-refractivity contribution is 0.778. The van der Waals surface area contributed by atoms with Crippen molar-refractivity contribution >= 4 is 27.3 Å². The predicted octanol–water partition coefficient (Wildman–Crippen LogP) is 4.55. The van der Waals surface area contributed by atoms with E-state index in [1.54, 1.807) is 11.3 Å². The van der Waals surface area contributed by atoms with Crippen LogP contribution in [0.1, 0.15) is 24.0 Å². The van der Waals surface area contributed by atoms with Crippen molar-refractivity contribution in [3.63, 3.8) is 0 Å². The molecule has 1 unspecified atom stereocenters. The monoisotopic (exact) mass is 309 g/mol. The zero-order valence-electron chi connectivity index (χ0n) is 10.0. The van der Waals surface area contributed by atoms with E-state index in [1.807, 2.05) is 0 Å². The molecule has 0 aliphatic carbocycles. The molecule has 1 aromatic carbocycles. The molecule has 3 heteroatoms. The normalized spacial score (nSPS) is 12.7. The lowest BCUT2D eigenvalue weighted by Crippen LogP contribution is -2.07. The summed E-state index contributed by atoms with van der Waals surface area (Å²) >= 11 is 5.29. The van der Waals surface area contributed by atoms with Crippen molar-refractivity contribution in [3.8, 4) is 10.4 Å². The molecule has 1 aromatic heterocycles. The van der Waals surface area contributed by atoms with Gasteiger partial charge in [-0.25, -0.2) is 0 Å². The second-order valence-electron chi connectivity index (χ2n) is 4.34. The van der Waals surface area contributed by atoms with E-state index in [9.17, 15) is 0 Å². The predicted molar refractivity (Wildman–Crippen MR) is 79.7 cm³/mol. The fourth-order valence-corrected chi connectivity index (χ4v) is 3.39. The summed E-state index contributed by atoms with van der Waals surface area (Å²) in [6, 6.07) is 8.68. The minimum absolute atomic E-state index is 0.441. The highest BCUT2D eigenvalue weighted by molar-refractivity contribution is 9.10. The summed E-state index contributed by atoms with van der Waals surface area (Å²) in [7, 11) is 0. The number of hydrogen-bond donors (Lipinski definition) is 1. The van der Waals surface area contributed by atoms with Crippen LogP contribution in [0.3, 0.4) is 0 Å². The summed E-state index contributed by atoms with van der Waals surface area (Å²) in [5.41, 5.74) is 9.66. The number of halogens is 1. The van der Waals surface area contributed by atoms with Crippen LogP contribution in [0.5, 0.6) is 0 Å². The fourth-order valence-electron chi connectivity index (χ4n) is 1.79. The highest BCUT2D eigenvalue weighted by atomic mass is 79.9. The summed E-state index contributed by atoms with van der Waals surface area (Å²) < 4.78 is 1.13. The Morgan fingerprint density at radius 1 is 1.35 bits per heavy atom. The third-order valence-corrected chi connectivity index (χ3v) is 4.47. The maximum atomic E-state index is 5.70. The van der Waals surface area contributed by atoms with Gasteiger partial charge in [-0.1, -0.05) is 28.9 Å². The quantitative estimate of drug-likeness (QED) is 0.884. The molecular weight excluding hydrogens is 294 g/mol. The minimum atomic E-state index is 0.441. The molecule has 0 bridgehead atoms. The molecule has 1 atom stereocenters. The van der Waals surface area contributed by atoms with Crippen LogP contribution in [0, 0.1) is 6.92 Å². The molecule has 0 aliphatic heterocycles. The van der Waals surface area contributed by atoms with Crippen LogP contribution in [0.25, 0.3) is 10.4 Å². The van der Waals surface area contributed by atoms with E-state index in [2.05, 4.69) is 59.4 Å². The van der Waals surface area contributed by atoms with E-state index in [4.69, 9.17) is 5.73 Å². The SMILES string of the molecule is Cc1cc(Br)ccc1-c1cc(C(C)CN)cs1. The van der Waals surface area contributed by atoms with E-state index in [0.29, 0.717) is 12.5 Å². The Morgan fingerprint density at radius 2 is 2.12 bits per heavy atom. The Balaban J connectivity index is 2.37. The molecular formula is C14H16BrNS. The smallest absolute Gasteiger partial charge is 0.0348 e. The van der Waals surface area contributed by atoms with Crippen LogP contribution in [0.15, 0.2) is 34.1 Å². The van der Waals surface area contributed by atoms with Crippen molar-refractivity contribution < 1.29 is 0 Å². The zero-order chi connectivity index (χ0) is 12.4. The molecule has 2 N–H and O–H groups in total. The molecule has 2 aromatic rings. The molecule has 1 heterocycles. The van der Waals surface area contributed by atoms with Gasteiger partial charge < -0.3 is 5.73 Å². The fraction of sp³-hybridized carbons (Fsp3) is 0.286. The van der Waals surface area contributed by atoms with E-state index in [0.717, 1.165) is 4.47 Å². The second-order valence-corrected chi connectivity index (χ2v) is 6.17. The summed E-state index contributed by atoms with van der Waals surface area (Å²) in [5, 5.41) is 2.22. The number of hydrogen-bond acceptors (Lipinski definition) is 2. The van der Waals surface area contributed by atoms with E-state index >= 15 is 0 Å². The van der Waals surface area contributed by atoms with Crippen LogP contribution < -0.4 is 5.73 Å². The van der Waals surface area contributed by atoms with Crippen LogP contribution in [0.4, 0.5) is 0 Å². The van der Waals surface area contributed by atoms with Gasteiger partial charge in [0.1, 0.15) is 0 Å². The molecule has 0 fully saturated rings.